The highest BCUT2D eigenvalue weighted by Crippen LogP contribution is 2.44. The molecule has 3 N–H and O–H groups in total. The summed E-state index contributed by atoms with van der Waals surface area (Å²) >= 11 is 0. The molecule has 6 heterocycles. The third-order valence-corrected chi connectivity index (χ3v) is 8.31. The van der Waals surface area contributed by atoms with Crippen LogP contribution in [0.3, 0.4) is 0 Å². The van der Waals surface area contributed by atoms with E-state index in [4.69, 9.17) is 13.8 Å². The summed E-state index contributed by atoms with van der Waals surface area (Å²) in [5.74, 6) is -0.705. The molecule has 0 saturated heterocycles. The lowest BCUT2D eigenvalue weighted by atomic mass is 10.0. The fourth-order valence-corrected chi connectivity index (χ4v) is 5.91. The van der Waals surface area contributed by atoms with Crippen LogP contribution in [-0.2, 0) is 27.9 Å². The quantitative estimate of drug-likeness (QED) is 0.218. The number of hydrogen-bond acceptors (Lipinski definition) is 9. The molecule has 1 unspecified atom stereocenters. The van der Waals surface area contributed by atoms with Crippen LogP contribution in [0.1, 0.15) is 34.8 Å². The van der Waals surface area contributed by atoms with Gasteiger partial charge in [-0.15, -0.1) is 0 Å². The molecule has 1 amide bonds. The number of anilines is 4. The van der Waals surface area contributed by atoms with Gasteiger partial charge in [-0.25, -0.2) is 4.98 Å². The van der Waals surface area contributed by atoms with Gasteiger partial charge >= 0.3 is 6.18 Å². The van der Waals surface area contributed by atoms with Crippen molar-refractivity contribution in [1.29, 1.82) is 0 Å². The number of rotatable bonds is 4. The van der Waals surface area contributed by atoms with Crippen molar-refractivity contribution in [2.45, 2.75) is 32.2 Å². The average Bonchev–Trinajstić information content (AvgIpc) is 3.48. The van der Waals surface area contributed by atoms with E-state index in [1.54, 1.807) is 35.1 Å². The van der Waals surface area contributed by atoms with Crippen LogP contribution in [-0.4, -0.2) is 53.0 Å². The first-order valence-corrected chi connectivity index (χ1v) is 15.1. The molecule has 1 atom stereocenters. The summed E-state index contributed by atoms with van der Waals surface area (Å²) in [7, 11) is 1.70. The smallest absolute Gasteiger partial charge is 0.421 e. The van der Waals surface area contributed by atoms with Crippen molar-refractivity contribution in [2.24, 2.45) is 0 Å². The van der Waals surface area contributed by atoms with Crippen LogP contribution in [0.15, 0.2) is 55.0 Å². The number of alkyl halides is 3. The number of carbonyl (C=O) groups excluding carboxylic acids is 1. The molecule has 8 rings (SSSR count). The fraction of sp³-hybridized carbons (Fsp3) is 0.310. The Morgan fingerprint density at radius 3 is 2.70 bits per heavy atom. The zero-order valence-corrected chi connectivity index (χ0v) is 25.1. The Labute approximate surface area is 253 Å². The van der Waals surface area contributed by atoms with Crippen LogP contribution in [0.4, 0.5) is 36.3 Å². The van der Waals surface area contributed by atoms with E-state index in [-0.39, 0.29) is 17.2 Å². The number of aromatic nitrogens is 4. The number of nitrogens with one attached hydrogen (secondary N) is 3. The highest BCUT2D eigenvalue weighted by Gasteiger charge is 2.36. The van der Waals surface area contributed by atoms with Crippen LogP contribution in [0.5, 0.6) is 5.75 Å². The summed E-state index contributed by atoms with van der Waals surface area (Å²) in [6.45, 7) is 3.44. The van der Waals surface area contributed by atoms with Crippen molar-refractivity contribution >= 4 is 37.4 Å². The first-order chi connectivity index (χ1) is 21.2. The van der Waals surface area contributed by atoms with Crippen molar-refractivity contribution < 1.29 is 31.8 Å². The van der Waals surface area contributed by atoms with E-state index in [0.29, 0.717) is 55.5 Å². The summed E-state index contributed by atoms with van der Waals surface area (Å²) in [5.41, 5.74) is 1.89. The Morgan fingerprint density at radius 1 is 1.14 bits per heavy atom. The summed E-state index contributed by atoms with van der Waals surface area (Å²) in [4.78, 5) is 20.9. The maximum absolute atomic E-state index is 14.0. The Kier molecular flexibility index (Phi) is 9.62. The first-order valence-electron chi connectivity index (χ1n) is 13.8. The van der Waals surface area contributed by atoms with Crippen LogP contribution < -0.4 is 20.7 Å². The van der Waals surface area contributed by atoms with Crippen molar-refractivity contribution in [3.05, 3.63) is 71.7 Å². The van der Waals surface area contributed by atoms with E-state index in [2.05, 4.69) is 31.0 Å². The highest BCUT2D eigenvalue weighted by atomic mass is 31.2. The minimum absolute atomic E-state index is 0.112. The van der Waals surface area contributed by atoms with Crippen molar-refractivity contribution in [1.82, 2.24) is 25.1 Å². The number of ether oxygens (including phenoxy) is 1. The molecule has 0 saturated carbocycles. The van der Waals surface area contributed by atoms with E-state index < -0.39 is 31.8 Å². The molecule has 2 aromatic heterocycles. The number of carbonyl (C=O) groups is 1. The Hall–Kier alpha value is -4.26. The lowest BCUT2D eigenvalue weighted by Crippen LogP contribution is -2.20. The topological polar surface area (TPSA) is 124 Å². The van der Waals surface area contributed by atoms with E-state index in [9.17, 15) is 18.0 Å². The fourth-order valence-electron chi connectivity index (χ4n) is 4.53. The van der Waals surface area contributed by atoms with Crippen LogP contribution in [0, 0.1) is 0 Å². The van der Waals surface area contributed by atoms with Crippen molar-refractivity contribution in [3.8, 4) is 16.9 Å². The van der Waals surface area contributed by atoms with Gasteiger partial charge in [-0.05, 0) is 48.7 Å². The molecule has 0 fully saturated rings. The van der Waals surface area contributed by atoms with Gasteiger partial charge in [-0.2, -0.15) is 23.3 Å². The molecular formula is C29H31F3N7O4P. The monoisotopic (exact) mass is 629 g/mol. The minimum atomic E-state index is -4.77. The lowest BCUT2D eigenvalue weighted by Gasteiger charge is -2.19. The van der Waals surface area contributed by atoms with Gasteiger partial charge in [0.2, 0.25) is 5.95 Å². The van der Waals surface area contributed by atoms with Crippen molar-refractivity contribution in [2.75, 3.05) is 38.0 Å². The lowest BCUT2D eigenvalue weighted by molar-refractivity contribution is -0.137. The maximum Gasteiger partial charge on any atom is 0.421 e. The molecule has 44 heavy (non-hydrogen) atoms. The molecular weight excluding hydrogens is 598 g/mol. The number of hydrogen-bond donors (Lipinski definition) is 3. The van der Waals surface area contributed by atoms with Gasteiger partial charge in [0.25, 0.3) is 5.91 Å². The summed E-state index contributed by atoms with van der Waals surface area (Å²) in [5, 5.41) is 12.6. The number of halogens is 3. The molecule has 0 spiro atoms. The second-order valence-corrected chi connectivity index (χ2v) is 11.2. The molecule has 2 aromatic carbocycles. The number of amides is 1. The van der Waals surface area contributed by atoms with E-state index >= 15 is 0 Å². The molecule has 0 radical (unpaired) electrons. The normalized spacial score (nSPS) is 15.5. The van der Waals surface area contributed by atoms with Crippen LogP contribution in [0.2, 0.25) is 0 Å². The van der Waals surface area contributed by atoms with Crippen molar-refractivity contribution in [3.63, 3.8) is 0 Å². The van der Waals surface area contributed by atoms with Gasteiger partial charge in [0, 0.05) is 37.7 Å². The average molecular weight is 630 g/mol. The summed E-state index contributed by atoms with van der Waals surface area (Å²) in [6, 6.07) is 10.2. The number of methoxy groups -OCH3 is 1. The largest absolute Gasteiger partial charge is 0.495 e. The number of nitrogens with zero attached hydrogens (tertiary/aromatic N) is 4. The Morgan fingerprint density at radius 2 is 1.95 bits per heavy atom. The predicted molar refractivity (Wildman–Crippen MR) is 160 cm³/mol. The van der Waals surface area contributed by atoms with Gasteiger partial charge < -0.3 is 29.7 Å². The third-order valence-electron chi connectivity index (χ3n) is 6.67. The minimum Gasteiger partial charge on any atom is -0.495 e. The molecule has 8 bridgehead atoms. The molecule has 11 nitrogen and oxygen atoms in total. The molecule has 4 aromatic rings. The molecule has 4 aliphatic heterocycles. The van der Waals surface area contributed by atoms with Gasteiger partial charge in [0.1, 0.15) is 17.1 Å². The van der Waals surface area contributed by atoms with Gasteiger partial charge in [-0.3, -0.25) is 9.48 Å². The standard InChI is InChI=1S/C29H31F3N7O4P/c1-4-42-44-17-18-6-8-24(25(12-18)41-3)37-28-34-15-22(29(30,31)32)26(38-28)36-23-9-7-19(13-21(23)27(40)33-2)20-14-35-39(16-20)10-5-11-43-44/h6-9,12-16H,4-5,10-11,17H2,1-3H3,(H,33,40)(H2,34,36,37,38). The van der Waals surface area contributed by atoms with Crippen LogP contribution >= 0.6 is 8.38 Å². The Balaban J connectivity index is 1.60. The Bertz CT molecular complexity index is 1630. The second kappa shape index (κ2) is 13.6. The first kappa shape index (κ1) is 31.2. The molecule has 0 aliphatic carbocycles. The molecule has 232 valence electrons. The van der Waals surface area contributed by atoms with Crippen LogP contribution in [0.25, 0.3) is 11.1 Å². The second-order valence-electron chi connectivity index (χ2n) is 9.67. The van der Waals surface area contributed by atoms with Gasteiger partial charge in [-0.1, -0.05) is 12.1 Å². The number of benzene rings is 2. The maximum atomic E-state index is 14.0. The number of aryl methyl sites for hydroxylation is 1. The van der Waals surface area contributed by atoms with E-state index in [1.807, 2.05) is 19.2 Å². The summed E-state index contributed by atoms with van der Waals surface area (Å²) < 4.78 is 61.4. The highest BCUT2D eigenvalue weighted by molar-refractivity contribution is 7.46. The molecule has 4 aliphatic rings. The zero-order chi connectivity index (χ0) is 31.3. The van der Waals surface area contributed by atoms with Gasteiger partial charge in [0.05, 0.1) is 43.5 Å². The van der Waals surface area contributed by atoms with E-state index in [0.717, 1.165) is 11.1 Å². The molecule has 15 heteroatoms. The third kappa shape index (κ3) is 7.26. The summed E-state index contributed by atoms with van der Waals surface area (Å²) in [6.07, 6.45) is 0.621. The SMILES string of the molecule is CCOP1Cc2ccc(c(OC)c2)Nc2ncc(C(F)(F)F)c(n2)Nc2ccc(cc2C(=O)NC)-c2cnn(c2)CCCO1. The van der Waals surface area contributed by atoms with E-state index in [1.165, 1.54) is 20.2 Å². The predicted octanol–water partition coefficient (Wildman–Crippen LogP) is 6.48. The van der Waals surface area contributed by atoms with Gasteiger partial charge in [0.15, 0.2) is 8.38 Å². The zero-order valence-electron chi connectivity index (χ0n) is 24.2.